The van der Waals surface area contributed by atoms with E-state index in [1.54, 1.807) is 7.11 Å². The Hall–Kier alpha value is -2.79. The van der Waals surface area contributed by atoms with Crippen LogP contribution in [0.2, 0.25) is 5.02 Å². The van der Waals surface area contributed by atoms with Gasteiger partial charge in [-0.3, -0.25) is 0 Å². The zero-order valence-corrected chi connectivity index (χ0v) is 14.1. The molecule has 2 N–H and O–H groups in total. The fourth-order valence-electron chi connectivity index (χ4n) is 2.25. The van der Waals surface area contributed by atoms with Gasteiger partial charge in [0.1, 0.15) is 23.7 Å². The maximum Gasteiger partial charge on any atom is 0.135 e. The Labute approximate surface area is 145 Å². The molecule has 122 valence electrons. The molecular weight excluding hydrogens is 324 g/mol. The summed E-state index contributed by atoms with van der Waals surface area (Å²) in [6.45, 7) is 1.99. The Morgan fingerprint density at radius 3 is 2.50 bits per heavy atom. The molecule has 0 aliphatic heterocycles. The van der Waals surface area contributed by atoms with E-state index in [2.05, 4.69) is 20.6 Å². The molecule has 0 unspecified atom stereocenters. The predicted octanol–water partition coefficient (Wildman–Crippen LogP) is 4.93. The minimum Gasteiger partial charge on any atom is -0.497 e. The van der Waals surface area contributed by atoms with Crippen molar-refractivity contribution >= 4 is 34.6 Å². The van der Waals surface area contributed by atoms with Crippen LogP contribution in [-0.2, 0) is 0 Å². The summed E-state index contributed by atoms with van der Waals surface area (Å²) in [5.74, 6) is 2.16. The van der Waals surface area contributed by atoms with Crippen molar-refractivity contribution in [1.29, 1.82) is 0 Å². The summed E-state index contributed by atoms with van der Waals surface area (Å²) in [7, 11) is 1.64. The first kappa shape index (κ1) is 16.1. The number of anilines is 4. The van der Waals surface area contributed by atoms with E-state index in [4.69, 9.17) is 16.3 Å². The molecule has 5 nitrogen and oxygen atoms in total. The van der Waals surface area contributed by atoms with Crippen LogP contribution < -0.4 is 15.4 Å². The van der Waals surface area contributed by atoms with Crippen LogP contribution in [0.4, 0.5) is 23.0 Å². The van der Waals surface area contributed by atoms with Gasteiger partial charge in [0, 0.05) is 28.5 Å². The molecule has 1 heterocycles. The van der Waals surface area contributed by atoms with Gasteiger partial charge >= 0.3 is 0 Å². The molecule has 0 aliphatic rings. The molecule has 0 saturated heterocycles. The number of ether oxygens (including phenoxy) is 1. The van der Waals surface area contributed by atoms with E-state index in [0.29, 0.717) is 16.7 Å². The molecule has 3 aromatic rings. The summed E-state index contributed by atoms with van der Waals surface area (Å²) in [6.07, 6.45) is 1.51. The van der Waals surface area contributed by atoms with E-state index >= 15 is 0 Å². The van der Waals surface area contributed by atoms with Crippen molar-refractivity contribution in [2.24, 2.45) is 0 Å². The standard InChI is InChI=1S/C18H17ClN4O/c1-12-8-13(19)6-7-16(12)23-18-10-17(20-11-21-18)22-14-4-3-5-15(9-14)24-2/h3-11H,1-2H3,(H2,20,21,22,23). The second-order valence-corrected chi connectivity index (χ2v) is 5.67. The second kappa shape index (κ2) is 7.19. The molecule has 0 bridgehead atoms. The highest BCUT2D eigenvalue weighted by molar-refractivity contribution is 6.30. The fraction of sp³-hybridized carbons (Fsp3) is 0.111. The van der Waals surface area contributed by atoms with Gasteiger partial charge in [0.25, 0.3) is 0 Å². The maximum atomic E-state index is 5.99. The summed E-state index contributed by atoms with van der Waals surface area (Å²) < 4.78 is 5.22. The lowest BCUT2D eigenvalue weighted by Crippen LogP contribution is -1.99. The van der Waals surface area contributed by atoms with Crippen molar-refractivity contribution in [3.63, 3.8) is 0 Å². The average Bonchev–Trinajstić information content (AvgIpc) is 2.58. The molecule has 6 heteroatoms. The van der Waals surface area contributed by atoms with Crippen LogP contribution in [0, 0.1) is 6.92 Å². The third kappa shape index (κ3) is 3.94. The fourth-order valence-corrected chi connectivity index (χ4v) is 2.47. The molecule has 1 aromatic heterocycles. The molecule has 0 amide bonds. The Morgan fingerprint density at radius 1 is 0.958 bits per heavy atom. The number of nitrogens with one attached hydrogen (secondary N) is 2. The van der Waals surface area contributed by atoms with Gasteiger partial charge in [-0.25, -0.2) is 9.97 Å². The monoisotopic (exact) mass is 340 g/mol. The quantitative estimate of drug-likeness (QED) is 0.689. The number of benzene rings is 2. The number of aromatic nitrogens is 2. The lowest BCUT2D eigenvalue weighted by molar-refractivity contribution is 0.415. The molecule has 3 rings (SSSR count). The van der Waals surface area contributed by atoms with Gasteiger partial charge in [0.15, 0.2) is 0 Å². The number of hydrogen-bond acceptors (Lipinski definition) is 5. The zero-order chi connectivity index (χ0) is 16.9. The van der Waals surface area contributed by atoms with E-state index in [1.807, 2.05) is 55.5 Å². The molecule has 0 aliphatic carbocycles. The van der Waals surface area contributed by atoms with Gasteiger partial charge in [-0.2, -0.15) is 0 Å². The Balaban J connectivity index is 1.78. The largest absolute Gasteiger partial charge is 0.497 e. The third-order valence-corrected chi connectivity index (χ3v) is 3.70. The van der Waals surface area contributed by atoms with Crippen LogP contribution in [-0.4, -0.2) is 17.1 Å². The highest BCUT2D eigenvalue weighted by Crippen LogP contribution is 2.25. The third-order valence-electron chi connectivity index (χ3n) is 3.46. The van der Waals surface area contributed by atoms with Gasteiger partial charge in [-0.15, -0.1) is 0 Å². The number of halogens is 1. The zero-order valence-electron chi connectivity index (χ0n) is 13.4. The maximum absolute atomic E-state index is 5.99. The molecule has 0 radical (unpaired) electrons. The van der Waals surface area contributed by atoms with Crippen LogP contribution in [0.1, 0.15) is 5.56 Å². The van der Waals surface area contributed by atoms with E-state index in [-0.39, 0.29) is 0 Å². The molecular formula is C18H17ClN4O. The van der Waals surface area contributed by atoms with Crippen LogP contribution >= 0.6 is 11.6 Å². The van der Waals surface area contributed by atoms with Gasteiger partial charge in [0.05, 0.1) is 7.11 Å². The Kier molecular flexibility index (Phi) is 4.82. The van der Waals surface area contributed by atoms with Crippen molar-refractivity contribution in [3.05, 3.63) is 65.4 Å². The number of nitrogens with zero attached hydrogens (tertiary/aromatic N) is 2. The van der Waals surface area contributed by atoms with Gasteiger partial charge in [-0.1, -0.05) is 17.7 Å². The topological polar surface area (TPSA) is 59.1 Å². The molecule has 0 saturated carbocycles. The van der Waals surface area contributed by atoms with Gasteiger partial charge < -0.3 is 15.4 Å². The molecule has 0 atom stereocenters. The first-order chi connectivity index (χ1) is 11.6. The van der Waals surface area contributed by atoms with Gasteiger partial charge in [-0.05, 0) is 42.8 Å². The predicted molar refractivity (Wildman–Crippen MR) is 97.8 cm³/mol. The van der Waals surface area contributed by atoms with Crippen molar-refractivity contribution < 1.29 is 4.74 Å². The summed E-state index contributed by atoms with van der Waals surface area (Å²) in [6, 6.07) is 15.2. The SMILES string of the molecule is COc1cccc(Nc2cc(Nc3ccc(Cl)cc3C)ncn2)c1. The highest BCUT2D eigenvalue weighted by atomic mass is 35.5. The number of aryl methyl sites for hydroxylation is 1. The molecule has 0 spiro atoms. The van der Waals surface area contributed by atoms with Crippen molar-refractivity contribution in [2.75, 3.05) is 17.7 Å². The van der Waals surface area contributed by atoms with Crippen LogP contribution in [0.15, 0.2) is 54.9 Å². The average molecular weight is 341 g/mol. The summed E-state index contributed by atoms with van der Waals surface area (Å²) in [4.78, 5) is 8.50. The molecule has 0 fully saturated rings. The van der Waals surface area contributed by atoms with E-state index < -0.39 is 0 Å². The smallest absolute Gasteiger partial charge is 0.135 e. The Morgan fingerprint density at radius 2 is 1.75 bits per heavy atom. The van der Waals surface area contributed by atoms with Crippen molar-refractivity contribution in [3.8, 4) is 5.75 Å². The number of hydrogen-bond donors (Lipinski definition) is 2. The van der Waals surface area contributed by atoms with Crippen LogP contribution in [0.5, 0.6) is 5.75 Å². The van der Waals surface area contributed by atoms with Crippen LogP contribution in [0.3, 0.4) is 0 Å². The van der Waals surface area contributed by atoms with Crippen LogP contribution in [0.25, 0.3) is 0 Å². The van der Waals surface area contributed by atoms with Crippen molar-refractivity contribution in [1.82, 2.24) is 9.97 Å². The van der Waals surface area contributed by atoms with Crippen molar-refractivity contribution in [2.45, 2.75) is 6.92 Å². The summed E-state index contributed by atoms with van der Waals surface area (Å²) >= 11 is 5.99. The summed E-state index contributed by atoms with van der Waals surface area (Å²) in [5, 5.41) is 7.22. The number of rotatable bonds is 5. The number of methoxy groups -OCH3 is 1. The van der Waals surface area contributed by atoms with E-state index in [1.165, 1.54) is 6.33 Å². The minimum absolute atomic E-state index is 0.687. The lowest BCUT2D eigenvalue weighted by Gasteiger charge is -2.11. The first-order valence-electron chi connectivity index (χ1n) is 7.40. The summed E-state index contributed by atoms with van der Waals surface area (Å²) in [5.41, 5.74) is 2.88. The molecule has 2 aromatic carbocycles. The second-order valence-electron chi connectivity index (χ2n) is 5.23. The molecule has 24 heavy (non-hydrogen) atoms. The first-order valence-corrected chi connectivity index (χ1v) is 7.78. The van der Waals surface area contributed by atoms with E-state index in [9.17, 15) is 0 Å². The van der Waals surface area contributed by atoms with E-state index in [0.717, 1.165) is 22.7 Å². The van der Waals surface area contributed by atoms with Gasteiger partial charge in [0.2, 0.25) is 0 Å². The highest BCUT2D eigenvalue weighted by Gasteiger charge is 2.04. The minimum atomic E-state index is 0.687. The lowest BCUT2D eigenvalue weighted by atomic mass is 10.2. The normalized spacial score (nSPS) is 10.3. The Bertz CT molecular complexity index is 854.